The van der Waals surface area contributed by atoms with Gasteiger partial charge in [0.2, 0.25) is 17.7 Å². The minimum Gasteiger partial charge on any atom is -0.346 e. The van der Waals surface area contributed by atoms with Gasteiger partial charge >= 0.3 is 0 Å². The number of nitrogens with zero attached hydrogens (tertiary/aromatic N) is 3. The molecule has 2 N–H and O–H groups in total. The van der Waals surface area contributed by atoms with Crippen LogP contribution in [0.2, 0.25) is 0 Å². The van der Waals surface area contributed by atoms with Gasteiger partial charge in [-0.15, -0.1) is 0 Å². The van der Waals surface area contributed by atoms with Crippen molar-refractivity contribution in [2.75, 3.05) is 13.1 Å². The summed E-state index contributed by atoms with van der Waals surface area (Å²) in [6.07, 6.45) is 4.04. The minimum absolute atomic E-state index is 0.0123. The topological polar surface area (TPSA) is 121 Å². The SMILES string of the molecule is CC1CCN(C(=O)C2CC(=O)NC(=O)C2)CC1NC(=O)c1ccc2cncc(Br)c2n1. The fraction of sp³-hybridized carbons (Fsp3) is 0.429. The van der Waals surface area contributed by atoms with Crippen molar-refractivity contribution in [1.29, 1.82) is 0 Å². The van der Waals surface area contributed by atoms with E-state index in [1.54, 1.807) is 29.4 Å². The number of carbonyl (C=O) groups excluding carboxylic acids is 4. The van der Waals surface area contributed by atoms with Crippen LogP contribution < -0.4 is 10.6 Å². The van der Waals surface area contributed by atoms with Crippen LogP contribution in [0.15, 0.2) is 29.0 Å². The minimum atomic E-state index is -0.640. The number of pyridine rings is 2. The Morgan fingerprint density at radius 2 is 1.94 bits per heavy atom. The van der Waals surface area contributed by atoms with Crippen molar-refractivity contribution in [3.05, 3.63) is 34.7 Å². The van der Waals surface area contributed by atoms with Gasteiger partial charge in [0.1, 0.15) is 5.69 Å². The maximum absolute atomic E-state index is 12.9. The molecule has 0 aliphatic carbocycles. The molecule has 2 aromatic rings. The molecule has 10 heteroatoms. The summed E-state index contributed by atoms with van der Waals surface area (Å²) in [5, 5.41) is 6.05. The number of aromatic nitrogens is 2. The molecule has 0 saturated carbocycles. The number of likely N-dealkylation sites (tertiary alicyclic amines) is 1. The first-order valence-electron chi connectivity index (χ1n) is 10.1. The highest BCUT2D eigenvalue weighted by Crippen LogP contribution is 2.24. The first-order chi connectivity index (χ1) is 14.8. The number of hydrogen-bond acceptors (Lipinski definition) is 6. The predicted octanol–water partition coefficient (Wildman–Crippen LogP) is 1.41. The summed E-state index contributed by atoms with van der Waals surface area (Å²) in [7, 11) is 0. The van der Waals surface area contributed by atoms with Crippen molar-refractivity contribution < 1.29 is 19.2 Å². The van der Waals surface area contributed by atoms with Crippen molar-refractivity contribution in [3.63, 3.8) is 0 Å². The molecule has 9 nitrogen and oxygen atoms in total. The Morgan fingerprint density at radius 3 is 2.68 bits per heavy atom. The van der Waals surface area contributed by atoms with Crippen LogP contribution in [-0.4, -0.2) is 57.6 Å². The monoisotopic (exact) mass is 487 g/mol. The largest absolute Gasteiger partial charge is 0.346 e. The van der Waals surface area contributed by atoms with E-state index in [1.165, 1.54) is 0 Å². The highest BCUT2D eigenvalue weighted by Gasteiger charge is 2.37. The molecule has 2 atom stereocenters. The zero-order chi connectivity index (χ0) is 22.1. The van der Waals surface area contributed by atoms with Crippen molar-refractivity contribution in [2.24, 2.45) is 11.8 Å². The van der Waals surface area contributed by atoms with Crippen LogP contribution in [0.5, 0.6) is 0 Å². The molecular formula is C21H22BrN5O4. The maximum atomic E-state index is 12.9. The fourth-order valence-electron chi connectivity index (χ4n) is 4.05. The summed E-state index contributed by atoms with van der Waals surface area (Å²) in [5.41, 5.74) is 0.931. The van der Waals surface area contributed by atoms with Crippen molar-refractivity contribution in [1.82, 2.24) is 25.5 Å². The first kappa shape index (κ1) is 21.4. The molecule has 4 rings (SSSR count). The summed E-state index contributed by atoms with van der Waals surface area (Å²) < 4.78 is 0.702. The van der Waals surface area contributed by atoms with Gasteiger partial charge in [-0.05, 0) is 40.4 Å². The molecule has 0 spiro atoms. The lowest BCUT2D eigenvalue weighted by Gasteiger charge is -2.39. The number of nitrogens with one attached hydrogen (secondary N) is 2. The van der Waals surface area contributed by atoms with Gasteiger partial charge in [-0.25, -0.2) is 4.98 Å². The standard InChI is InChI=1S/C21H22BrN5O4/c1-11-4-5-27(21(31)13-6-17(28)26-18(29)7-13)10-16(11)25-20(30)15-3-2-12-8-23-9-14(22)19(12)24-15/h2-3,8-9,11,13,16H,4-7,10H2,1H3,(H,25,30)(H,26,28,29). The summed E-state index contributed by atoms with van der Waals surface area (Å²) in [5.74, 6) is -1.85. The zero-order valence-electron chi connectivity index (χ0n) is 16.9. The number of fused-ring (bicyclic) bond motifs is 1. The molecule has 2 aromatic heterocycles. The molecule has 4 amide bonds. The number of halogens is 1. The Labute approximate surface area is 187 Å². The van der Waals surface area contributed by atoms with E-state index in [2.05, 4.69) is 36.5 Å². The molecule has 2 unspecified atom stereocenters. The third-order valence-electron chi connectivity index (χ3n) is 5.86. The Bertz CT molecular complexity index is 1060. The van der Waals surface area contributed by atoms with Crippen LogP contribution in [0.25, 0.3) is 10.9 Å². The quantitative estimate of drug-likeness (QED) is 0.631. The van der Waals surface area contributed by atoms with E-state index in [0.29, 0.717) is 29.5 Å². The Balaban J connectivity index is 1.45. The van der Waals surface area contributed by atoms with Crippen LogP contribution in [0.1, 0.15) is 36.7 Å². The number of carbonyl (C=O) groups is 4. The summed E-state index contributed by atoms with van der Waals surface area (Å²) in [6.45, 7) is 2.90. The molecule has 2 fully saturated rings. The third-order valence-corrected chi connectivity index (χ3v) is 6.45. The first-order valence-corrected chi connectivity index (χ1v) is 10.9. The average Bonchev–Trinajstić information content (AvgIpc) is 2.74. The Kier molecular flexibility index (Phi) is 5.99. The lowest BCUT2D eigenvalue weighted by atomic mass is 9.90. The van der Waals surface area contributed by atoms with E-state index in [-0.39, 0.29) is 42.3 Å². The molecule has 4 heterocycles. The lowest BCUT2D eigenvalue weighted by Crippen LogP contribution is -2.55. The number of hydrogen-bond donors (Lipinski definition) is 2. The van der Waals surface area contributed by atoms with Gasteiger partial charge < -0.3 is 10.2 Å². The highest BCUT2D eigenvalue weighted by atomic mass is 79.9. The van der Waals surface area contributed by atoms with Crippen LogP contribution in [0.3, 0.4) is 0 Å². The van der Waals surface area contributed by atoms with Gasteiger partial charge in [-0.3, -0.25) is 29.5 Å². The average molecular weight is 488 g/mol. The van der Waals surface area contributed by atoms with Gasteiger partial charge in [0.15, 0.2) is 0 Å². The summed E-state index contributed by atoms with van der Waals surface area (Å²) in [6, 6.07) is 3.19. The molecule has 0 aromatic carbocycles. The molecule has 31 heavy (non-hydrogen) atoms. The number of imide groups is 1. The van der Waals surface area contributed by atoms with E-state index in [1.807, 2.05) is 6.92 Å². The van der Waals surface area contributed by atoms with Crippen molar-refractivity contribution in [3.8, 4) is 0 Å². The molecular weight excluding hydrogens is 466 g/mol. The Morgan fingerprint density at radius 1 is 1.19 bits per heavy atom. The number of rotatable bonds is 3. The maximum Gasteiger partial charge on any atom is 0.270 e. The number of piperidine rings is 2. The molecule has 0 bridgehead atoms. The van der Waals surface area contributed by atoms with E-state index in [9.17, 15) is 19.2 Å². The van der Waals surface area contributed by atoms with E-state index < -0.39 is 17.7 Å². The van der Waals surface area contributed by atoms with Crippen LogP contribution in [0.4, 0.5) is 0 Å². The second kappa shape index (κ2) is 8.70. The van der Waals surface area contributed by atoms with E-state index in [4.69, 9.17) is 0 Å². The third kappa shape index (κ3) is 4.58. The molecule has 162 valence electrons. The Hall–Kier alpha value is -2.88. The summed E-state index contributed by atoms with van der Waals surface area (Å²) in [4.78, 5) is 59.2. The smallest absolute Gasteiger partial charge is 0.270 e. The van der Waals surface area contributed by atoms with E-state index in [0.717, 1.165) is 5.39 Å². The highest BCUT2D eigenvalue weighted by molar-refractivity contribution is 9.10. The van der Waals surface area contributed by atoms with Crippen LogP contribution in [-0.2, 0) is 14.4 Å². The van der Waals surface area contributed by atoms with E-state index >= 15 is 0 Å². The molecule has 2 aliphatic rings. The van der Waals surface area contributed by atoms with Gasteiger partial charge in [-0.1, -0.05) is 6.92 Å². The van der Waals surface area contributed by atoms with Gasteiger partial charge in [0.05, 0.1) is 15.9 Å². The van der Waals surface area contributed by atoms with Crippen LogP contribution in [0, 0.1) is 11.8 Å². The zero-order valence-corrected chi connectivity index (χ0v) is 18.5. The molecule has 2 saturated heterocycles. The van der Waals surface area contributed by atoms with Gasteiger partial charge in [0.25, 0.3) is 5.91 Å². The van der Waals surface area contributed by atoms with Gasteiger partial charge in [0, 0.05) is 49.8 Å². The second-order valence-corrected chi connectivity index (χ2v) is 8.95. The normalized spacial score (nSPS) is 22.3. The molecule has 2 aliphatic heterocycles. The fourth-order valence-corrected chi connectivity index (χ4v) is 4.48. The van der Waals surface area contributed by atoms with Crippen molar-refractivity contribution in [2.45, 2.75) is 32.2 Å². The number of amides is 4. The predicted molar refractivity (Wildman–Crippen MR) is 115 cm³/mol. The summed E-state index contributed by atoms with van der Waals surface area (Å²) >= 11 is 3.40. The van der Waals surface area contributed by atoms with Crippen molar-refractivity contribution >= 4 is 50.5 Å². The van der Waals surface area contributed by atoms with Gasteiger partial charge in [-0.2, -0.15) is 0 Å². The van der Waals surface area contributed by atoms with Crippen LogP contribution >= 0.6 is 15.9 Å². The molecule has 0 radical (unpaired) electrons. The second-order valence-electron chi connectivity index (χ2n) is 8.10. The lowest BCUT2D eigenvalue weighted by molar-refractivity contribution is -0.146.